The molecule has 4 heterocycles. The average Bonchev–Trinajstić information content (AvgIpc) is 3.12. The number of amides is 1. The van der Waals surface area contributed by atoms with Gasteiger partial charge in [-0.15, -0.1) is 11.3 Å². The molecular formula is C17H16BrN3OS. The van der Waals surface area contributed by atoms with E-state index in [0.29, 0.717) is 5.69 Å². The zero-order valence-electron chi connectivity index (χ0n) is 12.9. The highest BCUT2D eigenvalue weighted by molar-refractivity contribution is 9.10. The van der Waals surface area contributed by atoms with Crippen LogP contribution in [0.15, 0.2) is 40.3 Å². The van der Waals surface area contributed by atoms with Crippen LogP contribution in [-0.2, 0) is 12.0 Å². The van der Waals surface area contributed by atoms with Crippen LogP contribution in [0.2, 0.25) is 0 Å². The third kappa shape index (κ3) is 2.32. The molecule has 1 aliphatic rings. The zero-order chi connectivity index (χ0) is 16.2. The lowest BCUT2D eigenvalue weighted by molar-refractivity contribution is 0.0510. The van der Waals surface area contributed by atoms with Crippen LogP contribution in [0.25, 0.3) is 5.52 Å². The summed E-state index contributed by atoms with van der Waals surface area (Å²) in [6.07, 6.45) is 2.78. The highest BCUT2D eigenvalue weighted by Gasteiger charge is 2.39. The van der Waals surface area contributed by atoms with E-state index in [-0.39, 0.29) is 11.4 Å². The molecule has 0 aliphatic carbocycles. The van der Waals surface area contributed by atoms with Gasteiger partial charge in [-0.25, -0.2) is 4.52 Å². The molecule has 6 heteroatoms. The first-order valence-electron chi connectivity index (χ1n) is 7.50. The second-order valence-corrected chi connectivity index (χ2v) is 8.19. The minimum Gasteiger partial charge on any atom is -0.328 e. The first-order chi connectivity index (χ1) is 11.0. The molecule has 1 amide bonds. The Kier molecular flexibility index (Phi) is 3.35. The van der Waals surface area contributed by atoms with Gasteiger partial charge in [0, 0.05) is 22.1 Å². The number of rotatable bonds is 1. The molecule has 0 aromatic carbocycles. The highest BCUT2D eigenvalue weighted by atomic mass is 79.9. The topological polar surface area (TPSA) is 37.6 Å². The molecule has 0 unspecified atom stereocenters. The Hall–Kier alpha value is -1.66. The van der Waals surface area contributed by atoms with Gasteiger partial charge in [-0.05, 0) is 71.4 Å². The van der Waals surface area contributed by atoms with Crippen molar-refractivity contribution in [3.05, 3.63) is 56.4 Å². The third-order valence-corrected chi connectivity index (χ3v) is 5.98. The van der Waals surface area contributed by atoms with Crippen molar-refractivity contribution in [2.75, 3.05) is 6.54 Å². The Morgan fingerprint density at radius 3 is 3.00 bits per heavy atom. The number of carbonyl (C=O) groups excluding carboxylic acids is 1. The van der Waals surface area contributed by atoms with Gasteiger partial charge in [-0.2, -0.15) is 5.10 Å². The van der Waals surface area contributed by atoms with E-state index < -0.39 is 0 Å². The predicted molar refractivity (Wildman–Crippen MR) is 95.0 cm³/mol. The van der Waals surface area contributed by atoms with E-state index in [4.69, 9.17) is 0 Å². The number of fused-ring (bicyclic) bond motifs is 2. The van der Waals surface area contributed by atoms with Crippen LogP contribution in [0.1, 0.15) is 34.8 Å². The van der Waals surface area contributed by atoms with E-state index in [0.717, 1.165) is 23.0 Å². The Labute approximate surface area is 146 Å². The molecule has 118 valence electrons. The molecule has 3 aromatic heterocycles. The Balaban J connectivity index is 1.73. The van der Waals surface area contributed by atoms with E-state index >= 15 is 0 Å². The van der Waals surface area contributed by atoms with Gasteiger partial charge in [-0.1, -0.05) is 0 Å². The van der Waals surface area contributed by atoms with Crippen LogP contribution in [0.5, 0.6) is 0 Å². The number of thiophene rings is 1. The first kappa shape index (κ1) is 14.9. The third-order valence-electron chi connectivity index (χ3n) is 4.53. The summed E-state index contributed by atoms with van der Waals surface area (Å²) >= 11 is 5.21. The van der Waals surface area contributed by atoms with Crippen LogP contribution >= 0.6 is 27.3 Å². The lowest BCUT2D eigenvalue weighted by Gasteiger charge is -2.42. The summed E-state index contributed by atoms with van der Waals surface area (Å²) in [5.74, 6) is -0.00771. The molecule has 0 saturated carbocycles. The average molecular weight is 390 g/mol. The van der Waals surface area contributed by atoms with Crippen molar-refractivity contribution >= 4 is 38.7 Å². The van der Waals surface area contributed by atoms with Gasteiger partial charge in [0.25, 0.3) is 5.91 Å². The molecule has 3 aromatic rings. The fourth-order valence-corrected chi connectivity index (χ4v) is 4.63. The van der Waals surface area contributed by atoms with Crippen LogP contribution in [0, 0.1) is 0 Å². The van der Waals surface area contributed by atoms with E-state index in [1.807, 2.05) is 29.3 Å². The van der Waals surface area contributed by atoms with Gasteiger partial charge < -0.3 is 4.90 Å². The molecule has 0 bridgehead atoms. The Bertz CT molecular complexity index is 912. The van der Waals surface area contributed by atoms with Crippen LogP contribution in [-0.4, -0.2) is 27.0 Å². The van der Waals surface area contributed by atoms with Crippen LogP contribution < -0.4 is 0 Å². The van der Waals surface area contributed by atoms with Crippen LogP contribution in [0.3, 0.4) is 0 Å². The monoisotopic (exact) mass is 389 g/mol. The quantitative estimate of drug-likeness (QED) is 0.628. The van der Waals surface area contributed by atoms with Crippen molar-refractivity contribution in [2.45, 2.75) is 25.8 Å². The number of halogens is 1. The maximum atomic E-state index is 13.0. The van der Waals surface area contributed by atoms with Gasteiger partial charge >= 0.3 is 0 Å². The summed E-state index contributed by atoms with van der Waals surface area (Å²) in [5.41, 5.74) is 2.37. The number of hydrogen-bond donors (Lipinski definition) is 0. The molecule has 1 aliphatic heterocycles. The SMILES string of the molecule is CC1(C)c2ccsc2CCN1C(=O)c1cc2ccc(Br)cn2n1. The molecular weight excluding hydrogens is 374 g/mol. The normalized spacial score (nSPS) is 16.6. The van der Waals surface area contributed by atoms with Crippen molar-refractivity contribution in [1.82, 2.24) is 14.5 Å². The molecule has 0 saturated heterocycles. The van der Waals surface area contributed by atoms with Gasteiger partial charge in [0.05, 0.1) is 11.1 Å². The summed E-state index contributed by atoms with van der Waals surface area (Å²) in [4.78, 5) is 16.4. The summed E-state index contributed by atoms with van der Waals surface area (Å²) in [6.45, 7) is 4.96. The summed E-state index contributed by atoms with van der Waals surface area (Å²) in [6, 6.07) is 7.90. The van der Waals surface area contributed by atoms with Gasteiger partial charge in [-0.3, -0.25) is 4.79 Å². The van der Waals surface area contributed by atoms with Gasteiger partial charge in [0.2, 0.25) is 0 Å². The maximum Gasteiger partial charge on any atom is 0.275 e. The Morgan fingerprint density at radius 2 is 2.17 bits per heavy atom. The van der Waals surface area contributed by atoms with E-state index in [9.17, 15) is 4.79 Å². The molecule has 0 fully saturated rings. The number of pyridine rings is 1. The molecule has 23 heavy (non-hydrogen) atoms. The second kappa shape index (κ2) is 5.18. The lowest BCUT2D eigenvalue weighted by Crippen LogP contribution is -2.49. The van der Waals surface area contributed by atoms with Crippen molar-refractivity contribution in [2.24, 2.45) is 0 Å². The standard InChI is InChI=1S/C17H16BrN3OS/c1-17(2)13-6-8-23-15(13)5-7-20(17)16(22)14-9-12-4-3-11(18)10-21(12)19-14/h3-4,6,8-10H,5,7H2,1-2H3. The van der Waals surface area contributed by atoms with Crippen molar-refractivity contribution < 1.29 is 4.79 Å². The largest absolute Gasteiger partial charge is 0.328 e. The molecule has 0 radical (unpaired) electrons. The van der Waals surface area contributed by atoms with Crippen molar-refractivity contribution in [3.63, 3.8) is 0 Å². The van der Waals surface area contributed by atoms with Crippen molar-refractivity contribution in [3.8, 4) is 0 Å². The summed E-state index contributed by atoms with van der Waals surface area (Å²) in [5, 5.41) is 6.57. The van der Waals surface area contributed by atoms with Crippen molar-refractivity contribution in [1.29, 1.82) is 0 Å². The minimum atomic E-state index is -0.305. The molecule has 0 spiro atoms. The smallest absolute Gasteiger partial charge is 0.275 e. The second-order valence-electron chi connectivity index (χ2n) is 6.27. The fourth-order valence-electron chi connectivity index (χ4n) is 3.28. The fraction of sp³-hybridized carbons (Fsp3) is 0.294. The van der Waals surface area contributed by atoms with E-state index in [1.165, 1.54) is 10.4 Å². The number of carbonyl (C=O) groups is 1. The van der Waals surface area contributed by atoms with Crippen LogP contribution in [0.4, 0.5) is 0 Å². The lowest BCUT2D eigenvalue weighted by atomic mass is 9.88. The minimum absolute atomic E-state index is 0.00771. The van der Waals surface area contributed by atoms with E-state index in [1.54, 1.807) is 15.9 Å². The summed E-state index contributed by atoms with van der Waals surface area (Å²) < 4.78 is 2.68. The number of hydrogen-bond acceptors (Lipinski definition) is 3. The zero-order valence-corrected chi connectivity index (χ0v) is 15.3. The first-order valence-corrected chi connectivity index (χ1v) is 9.18. The summed E-state index contributed by atoms with van der Waals surface area (Å²) in [7, 11) is 0. The predicted octanol–water partition coefficient (Wildman–Crippen LogP) is 4.09. The van der Waals surface area contributed by atoms with E-state index in [2.05, 4.69) is 46.3 Å². The van der Waals surface area contributed by atoms with Gasteiger partial charge in [0.15, 0.2) is 5.69 Å². The highest BCUT2D eigenvalue weighted by Crippen LogP contribution is 2.38. The van der Waals surface area contributed by atoms with Gasteiger partial charge in [0.1, 0.15) is 0 Å². The maximum absolute atomic E-state index is 13.0. The number of aromatic nitrogens is 2. The molecule has 4 nitrogen and oxygen atoms in total. The molecule has 0 atom stereocenters. The molecule has 4 rings (SSSR count). The molecule has 0 N–H and O–H groups in total. The number of nitrogens with zero attached hydrogens (tertiary/aromatic N) is 3. The Morgan fingerprint density at radius 1 is 1.35 bits per heavy atom.